The summed E-state index contributed by atoms with van der Waals surface area (Å²) in [6.07, 6.45) is 5.68. The molecule has 0 bridgehead atoms. The van der Waals surface area contributed by atoms with Gasteiger partial charge in [-0.2, -0.15) is 0 Å². The van der Waals surface area contributed by atoms with Crippen LogP contribution in [0.1, 0.15) is 38.2 Å². The lowest BCUT2D eigenvalue weighted by Gasteiger charge is -2.28. The molecule has 82 valence electrons. The van der Waals surface area contributed by atoms with Crippen LogP contribution in [-0.2, 0) is 0 Å². The molecule has 1 fully saturated rings. The minimum Gasteiger partial charge on any atom is -0.122 e. The molecule has 0 radical (unpaired) electrons. The molecular weight excluding hydrogens is 200 g/mol. The van der Waals surface area contributed by atoms with E-state index in [4.69, 9.17) is 0 Å². The maximum absolute atomic E-state index is 2.41. The molecule has 1 aromatic carbocycles. The predicted octanol–water partition coefficient (Wildman–Crippen LogP) is 4.67. The third-order valence-corrected chi connectivity index (χ3v) is 4.89. The van der Waals surface area contributed by atoms with Crippen LogP contribution in [0.4, 0.5) is 0 Å². The molecule has 0 spiro atoms. The molecule has 1 saturated carbocycles. The SMILES string of the molecule is Cc1ccc(SC2CCCCC2C)cc1. The molecule has 0 aromatic heterocycles. The van der Waals surface area contributed by atoms with Gasteiger partial charge in [-0.15, -0.1) is 11.8 Å². The lowest BCUT2D eigenvalue weighted by atomic mass is 9.90. The average molecular weight is 220 g/mol. The Morgan fingerprint density at radius 2 is 1.73 bits per heavy atom. The van der Waals surface area contributed by atoms with Gasteiger partial charge in [0.25, 0.3) is 0 Å². The number of thioether (sulfide) groups is 1. The summed E-state index contributed by atoms with van der Waals surface area (Å²) in [5, 5.41) is 0.849. The van der Waals surface area contributed by atoms with Crippen molar-refractivity contribution in [2.24, 2.45) is 5.92 Å². The number of aryl methyl sites for hydroxylation is 1. The second-order valence-corrected chi connectivity index (χ2v) is 6.04. The fourth-order valence-corrected chi connectivity index (χ4v) is 3.54. The highest BCUT2D eigenvalue weighted by Gasteiger charge is 2.21. The Hall–Kier alpha value is -0.430. The van der Waals surface area contributed by atoms with Gasteiger partial charge in [0, 0.05) is 10.1 Å². The van der Waals surface area contributed by atoms with Gasteiger partial charge in [-0.1, -0.05) is 37.5 Å². The number of hydrogen-bond donors (Lipinski definition) is 0. The Kier molecular flexibility index (Phi) is 3.74. The van der Waals surface area contributed by atoms with E-state index >= 15 is 0 Å². The van der Waals surface area contributed by atoms with Crippen LogP contribution >= 0.6 is 11.8 Å². The largest absolute Gasteiger partial charge is 0.122 e. The minimum atomic E-state index is 0.849. The Labute approximate surface area is 97.5 Å². The van der Waals surface area contributed by atoms with E-state index < -0.39 is 0 Å². The van der Waals surface area contributed by atoms with Crippen molar-refractivity contribution in [3.8, 4) is 0 Å². The topological polar surface area (TPSA) is 0 Å². The number of hydrogen-bond acceptors (Lipinski definition) is 1. The monoisotopic (exact) mass is 220 g/mol. The Morgan fingerprint density at radius 1 is 1.07 bits per heavy atom. The third-order valence-electron chi connectivity index (χ3n) is 3.34. The maximum atomic E-state index is 2.41. The van der Waals surface area contributed by atoms with Gasteiger partial charge < -0.3 is 0 Å². The van der Waals surface area contributed by atoms with Crippen LogP contribution in [0.5, 0.6) is 0 Å². The summed E-state index contributed by atoms with van der Waals surface area (Å²) in [6.45, 7) is 4.56. The molecule has 2 rings (SSSR count). The van der Waals surface area contributed by atoms with E-state index in [1.807, 2.05) is 0 Å². The van der Waals surface area contributed by atoms with E-state index in [9.17, 15) is 0 Å². The quantitative estimate of drug-likeness (QED) is 0.698. The zero-order valence-electron chi connectivity index (χ0n) is 9.70. The van der Waals surface area contributed by atoms with Crippen LogP contribution in [-0.4, -0.2) is 5.25 Å². The first kappa shape index (κ1) is 11.1. The van der Waals surface area contributed by atoms with Crippen LogP contribution in [0.2, 0.25) is 0 Å². The van der Waals surface area contributed by atoms with Gasteiger partial charge in [0.05, 0.1) is 0 Å². The number of rotatable bonds is 2. The van der Waals surface area contributed by atoms with Crippen LogP contribution in [0.25, 0.3) is 0 Å². The molecule has 2 atom stereocenters. The van der Waals surface area contributed by atoms with Gasteiger partial charge in [0.15, 0.2) is 0 Å². The first-order valence-electron chi connectivity index (χ1n) is 5.99. The second-order valence-electron chi connectivity index (χ2n) is 4.73. The van der Waals surface area contributed by atoms with Crippen molar-refractivity contribution >= 4 is 11.8 Å². The van der Waals surface area contributed by atoms with Gasteiger partial charge in [-0.05, 0) is 37.8 Å². The summed E-state index contributed by atoms with van der Waals surface area (Å²) < 4.78 is 0. The first-order valence-corrected chi connectivity index (χ1v) is 6.87. The molecule has 1 aliphatic carbocycles. The summed E-state index contributed by atoms with van der Waals surface area (Å²) in [7, 11) is 0. The normalized spacial score (nSPS) is 26.5. The van der Waals surface area contributed by atoms with E-state index in [1.165, 1.54) is 36.1 Å². The highest BCUT2D eigenvalue weighted by atomic mass is 32.2. The summed E-state index contributed by atoms with van der Waals surface area (Å²) in [6, 6.07) is 8.97. The molecule has 0 saturated heterocycles. The highest BCUT2D eigenvalue weighted by Crippen LogP contribution is 2.37. The molecule has 1 heteroatoms. The van der Waals surface area contributed by atoms with Crippen molar-refractivity contribution < 1.29 is 0 Å². The van der Waals surface area contributed by atoms with Crippen molar-refractivity contribution in [2.75, 3.05) is 0 Å². The van der Waals surface area contributed by atoms with Crippen LogP contribution in [0, 0.1) is 12.8 Å². The van der Waals surface area contributed by atoms with Crippen molar-refractivity contribution in [3.05, 3.63) is 29.8 Å². The van der Waals surface area contributed by atoms with Gasteiger partial charge in [0.1, 0.15) is 0 Å². The van der Waals surface area contributed by atoms with Crippen molar-refractivity contribution in [3.63, 3.8) is 0 Å². The van der Waals surface area contributed by atoms with E-state index in [2.05, 4.69) is 49.9 Å². The van der Waals surface area contributed by atoms with Gasteiger partial charge in [0.2, 0.25) is 0 Å². The minimum absolute atomic E-state index is 0.849. The Morgan fingerprint density at radius 3 is 2.40 bits per heavy atom. The summed E-state index contributed by atoms with van der Waals surface area (Å²) in [4.78, 5) is 1.44. The third kappa shape index (κ3) is 3.01. The van der Waals surface area contributed by atoms with Crippen LogP contribution in [0.15, 0.2) is 29.2 Å². The number of benzene rings is 1. The summed E-state index contributed by atoms with van der Waals surface area (Å²) in [5.41, 5.74) is 1.36. The molecule has 15 heavy (non-hydrogen) atoms. The van der Waals surface area contributed by atoms with Crippen LogP contribution < -0.4 is 0 Å². The predicted molar refractivity (Wildman–Crippen MR) is 68.5 cm³/mol. The smallest absolute Gasteiger partial charge is 0.0120 e. The molecular formula is C14H20S. The fourth-order valence-electron chi connectivity index (χ4n) is 2.25. The zero-order valence-corrected chi connectivity index (χ0v) is 10.5. The van der Waals surface area contributed by atoms with Gasteiger partial charge in [-0.25, -0.2) is 0 Å². The summed E-state index contributed by atoms with van der Waals surface area (Å²) >= 11 is 2.08. The van der Waals surface area contributed by atoms with E-state index in [0.717, 1.165) is 11.2 Å². The standard InChI is InChI=1S/C14H20S/c1-11-7-9-13(10-8-11)15-14-6-4-3-5-12(14)2/h7-10,12,14H,3-6H2,1-2H3. The van der Waals surface area contributed by atoms with Crippen LogP contribution in [0.3, 0.4) is 0 Å². The van der Waals surface area contributed by atoms with E-state index in [-0.39, 0.29) is 0 Å². The van der Waals surface area contributed by atoms with Gasteiger partial charge in [-0.3, -0.25) is 0 Å². The second kappa shape index (κ2) is 5.07. The molecule has 1 aliphatic rings. The Bertz CT molecular complexity index is 302. The van der Waals surface area contributed by atoms with E-state index in [1.54, 1.807) is 0 Å². The molecule has 0 N–H and O–H groups in total. The average Bonchev–Trinajstić information content (AvgIpc) is 2.25. The maximum Gasteiger partial charge on any atom is 0.0120 e. The van der Waals surface area contributed by atoms with Crippen molar-refractivity contribution in [1.29, 1.82) is 0 Å². The molecule has 1 aromatic rings. The molecule has 2 unspecified atom stereocenters. The fraction of sp³-hybridized carbons (Fsp3) is 0.571. The molecule has 0 nitrogen and oxygen atoms in total. The molecule has 0 amide bonds. The van der Waals surface area contributed by atoms with Crippen molar-refractivity contribution in [2.45, 2.75) is 49.7 Å². The molecule has 0 aliphatic heterocycles. The van der Waals surface area contributed by atoms with Gasteiger partial charge >= 0.3 is 0 Å². The van der Waals surface area contributed by atoms with E-state index in [0.29, 0.717) is 0 Å². The van der Waals surface area contributed by atoms with Crippen molar-refractivity contribution in [1.82, 2.24) is 0 Å². The molecule has 0 heterocycles. The Balaban J connectivity index is 1.98. The lowest BCUT2D eigenvalue weighted by Crippen LogP contribution is -2.18. The lowest BCUT2D eigenvalue weighted by molar-refractivity contribution is 0.397. The highest BCUT2D eigenvalue weighted by molar-refractivity contribution is 8.00. The summed E-state index contributed by atoms with van der Waals surface area (Å²) in [5.74, 6) is 0.894. The first-order chi connectivity index (χ1) is 7.25. The zero-order chi connectivity index (χ0) is 10.7.